The van der Waals surface area contributed by atoms with Crippen molar-refractivity contribution in [2.45, 2.75) is 12.5 Å². The highest BCUT2D eigenvalue weighted by atomic mass is 16.5. The van der Waals surface area contributed by atoms with Gasteiger partial charge in [0.15, 0.2) is 5.78 Å². The topological polar surface area (TPSA) is 26.3 Å². The van der Waals surface area contributed by atoms with Gasteiger partial charge in [0, 0.05) is 12.3 Å². The number of carbonyl (C=O) groups excluding carboxylic acids is 1. The minimum Gasteiger partial charge on any atom is -0.488 e. The van der Waals surface area contributed by atoms with Gasteiger partial charge in [0.2, 0.25) is 0 Å². The van der Waals surface area contributed by atoms with Crippen LogP contribution in [-0.4, -0.2) is 11.9 Å². The van der Waals surface area contributed by atoms with Gasteiger partial charge in [-0.1, -0.05) is 36.4 Å². The zero-order valence-electron chi connectivity index (χ0n) is 8.80. The molecular weight excluding hydrogens is 200 g/mol. The van der Waals surface area contributed by atoms with Gasteiger partial charge < -0.3 is 4.74 Å². The predicted molar refractivity (Wildman–Crippen MR) is 61.6 cm³/mol. The number of fused-ring (bicyclic) bond motifs is 1. The van der Waals surface area contributed by atoms with E-state index in [1.165, 1.54) is 0 Å². The molecule has 1 unspecified atom stereocenters. The summed E-state index contributed by atoms with van der Waals surface area (Å²) in [5.41, 5.74) is 0.713. The van der Waals surface area contributed by atoms with Crippen LogP contribution in [0.3, 0.4) is 0 Å². The molecule has 16 heavy (non-hydrogen) atoms. The van der Waals surface area contributed by atoms with Crippen molar-refractivity contribution in [3.8, 4) is 5.75 Å². The minimum absolute atomic E-state index is 0.0441. The number of benzene rings is 1. The first-order valence-electron chi connectivity index (χ1n) is 5.48. The highest BCUT2D eigenvalue weighted by molar-refractivity contribution is 5.99. The average molecular weight is 212 g/mol. The molecule has 2 aliphatic rings. The summed E-state index contributed by atoms with van der Waals surface area (Å²) in [6.45, 7) is 0. The van der Waals surface area contributed by atoms with Gasteiger partial charge in [0.1, 0.15) is 11.9 Å². The molecule has 1 atom stereocenters. The van der Waals surface area contributed by atoms with Crippen LogP contribution in [0.25, 0.3) is 0 Å². The highest BCUT2D eigenvalue weighted by Gasteiger charge is 2.30. The van der Waals surface area contributed by atoms with Gasteiger partial charge in [-0.25, -0.2) is 0 Å². The summed E-state index contributed by atoms with van der Waals surface area (Å²) >= 11 is 0. The van der Waals surface area contributed by atoms with Crippen LogP contribution in [0.15, 0.2) is 48.6 Å². The van der Waals surface area contributed by atoms with E-state index in [0.717, 1.165) is 5.75 Å². The summed E-state index contributed by atoms with van der Waals surface area (Å²) in [6.07, 6.45) is 8.57. The van der Waals surface area contributed by atoms with Crippen molar-refractivity contribution >= 4 is 5.78 Å². The predicted octanol–water partition coefficient (Wildman–Crippen LogP) is 2.76. The van der Waals surface area contributed by atoms with E-state index in [9.17, 15) is 4.79 Å². The Morgan fingerprint density at radius 2 is 1.88 bits per heavy atom. The maximum Gasteiger partial charge on any atom is 0.170 e. The number of ketones is 1. The van der Waals surface area contributed by atoms with E-state index < -0.39 is 0 Å². The van der Waals surface area contributed by atoms with Crippen LogP contribution >= 0.6 is 0 Å². The number of carbonyl (C=O) groups is 1. The first kappa shape index (κ1) is 9.40. The molecule has 0 bridgehead atoms. The second kappa shape index (κ2) is 3.63. The van der Waals surface area contributed by atoms with E-state index in [4.69, 9.17) is 4.74 Å². The fourth-order valence-corrected chi connectivity index (χ4v) is 2.21. The molecule has 1 aromatic rings. The van der Waals surface area contributed by atoms with Crippen LogP contribution in [0.2, 0.25) is 0 Å². The van der Waals surface area contributed by atoms with Crippen molar-refractivity contribution in [1.82, 2.24) is 0 Å². The Morgan fingerprint density at radius 3 is 2.69 bits per heavy atom. The number of hydrogen-bond donors (Lipinski definition) is 0. The molecule has 1 aliphatic heterocycles. The Bertz CT molecular complexity index is 473. The van der Waals surface area contributed by atoms with Crippen LogP contribution in [-0.2, 0) is 0 Å². The maximum atomic E-state index is 11.9. The van der Waals surface area contributed by atoms with Crippen LogP contribution < -0.4 is 4.74 Å². The monoisotopic (exact) mass is 212 g/mol. The third-order valence-corrected chi connectivity index (χ3v) is 3.06. The normalized spacial score (nSPS) is 23.2. The van der Waals surface area contributed by atoms with E-state index in [2.05, 4.69) is 12.2 Å². The summed E-state index contributed by atoms with van der Waals surface area (Å²) in [5, 5.41) is 0. The molecular formula is C14H12O2. The number of hydrogen-bond acceptors (Lipinski definition) is 2. The molecule has 0 saturated heterocycles. The minimum atomic E-state index is -0.0441. The first-order valence-corrected chi connectivity index (χ1v) is 5.48. The number of para-hydroxylation sites is 1. The summed E-state index contributed by atoms with van der Waals surface area (Å²) < 4.78 is 5.86. The van der Waals surface area contributed by atoms with Crippen molar-refractivity contribution in [1.29, 1.82) is 0 Å². The Morgan fingerprint density at radius 1 is 1.12 bits per heavy atom. The van der Waals surface area contributed by atoms with Crippen molar-refractivity contribution in [3.63, 3.8) is 0 Å². The maximum absolute atomic E-state index is 11.9. The second-order valence-corrected chi connectivity index (χ2v) is 4.13. The van der Waals surface area contributed by atoms with Gasteiger partial charge in [-0.05, 0) is 12.1 Å². The van der Waals surface area contributed by atoms with E-state index in [1.54, 1.807) is 0 Å². The Kier molecular flexibility index (Phi) is 2.13. The van der Waals surface area contributed by atoms with Crippen LogP contribution in [0.1, 0.15) is 16.8 Å². The molecule has 0 radical (unpaired) electrons. The molecule has 1 aromatic carbocycles. The Hall–Kier alpha value is -1.83. The fraction of sp³-hybridized carbons (Fsp3) is 0.214. The zero-order valence-corrected chi connectivity index (χ0v) is 8.80. The molecule has 0 aromatic heterocycles. The van der Waals surface area contributed by atoms with Crippen LogP contribution in [0.5, 0.6) is 5.75 Å². The smallest absolute Gasteiger partial charge is 0.170 e. The molecule has 1 aliphatic carbocycles. The van der Waals surface area contributed by atoms with E-state index in [-0.39, 0.29) is 17.8 Å². The van der Waals surface area contributed by atoms with E-state index >= 15 is 0 Å². The molecule has 0 N–H and O–H groups in total. The average Bonchev–Trinajstić information content (AvgIpc) is 2.82. The lowest BCUT2D eigenvalue weighted by Crippen LogP contribution is -2.31. The van der Waals surface area contributed by atoms with Crippen molar-refractivity contribution in [2.75, 3.05) is 0 Å². The quantitative estimate of drug-likeness (QED) is 0.715. The molecule has 0 spiro atoms. The van der Waals surface area contributed by atoms with E-state index in [0.29, 0.717) is 12.0 Å². The van der Waals surface area contributed by atoms with Gasteiger partial charge in [-0.15, -0.1) is 0 Å². The number of rotatable bonds is 1. The highest BCUT2D eigenvalue weighted by Crippen LogP contribution is 2.31. The summed E-state index contributed by atoms with van der Waals surface area (Å²) in [5.74, 6) is 1.13. The molecule has 0 saturated carbocycles. The summed E-state index contributed by atoms with van der Waals surface area (Å²) in [7, 11) is 0. The molecule has 0 fully saturated rings. The largest absolute Gasteiger partial charge is 0.488 e. The zero-order chi connectivity index (χ0) is 11.0. The summed E-state index contributed by atoms with van der Waals surface area (Å²) in [4.78, 5) is 11.9. The third kappa shape index (κ3) is 1.47. The molecule has 80 valence electrons. The van der Waals surface area contributed by atoms with Gasteiger partial charge in [-0.3, -0.25) is 4.79 Å². The Labute approximate surface area is 94.2 Å². The van der Waals surface area contributed by atoms with Crippen molar-refractivity contribution in [3.05, 3.63) is 54.1 Å². The van der Waals surface area contributed by atoms with E-state index in [1.807, 2.05) is 36.4 Å². The Balaban J connectivity index is 1.92. The number of allylic oxidation sites excluding steroid dienone is 2. The lowest BCUT2D eigenvalue weighted by molar-refractivity contribution is 0.0817. The van der Waals surface area contributed by atoms with Crippen LogP contribution in [0.4, 0.5) is 0 Å². The summed E-state index contributed by atoms with van der Waals surface area (Å²) in [6, 6.07) is 7.46. The van der Waals surface area contributed by atoms with Crippen LogP contribution in [0, 0.1) is 5.92 Å². The van der Waals surface area contributed by atoms with Gasteiger partial charge >= 0.3 is 0 Å². The van der Waals surface area contributed by atoms with Crippen molar-refractivity contribution < 1.29 is 9.53 Å². The first-order chi connectivity index (χ1) is 7.84. The number of ether oxygens (including phenoxy) is 1. The van der Waals surface area contributed by atoms with Gasteiger partial charge in [0.05, 0.1) is 5.56 Å². The SMILES string of the molecule is O=C1CC(C2C=CC=C2)Oc2ccccc21. The third-order valence-electron chi connectivity index (χ3n) is 3.06. The number of Topliss-reactive ketones (excluding diaryl/α,β-unsaturated/α-hetero) is 1. The van der Waals surface area contributed by atoms with Gasteiger partial charge in [0.25, 0.3) is 0 Å². The lowest BCUT2D eigenvalue weighted by Gasteiger charge is -2.27. The second-order valence-electron chi connectivity index (χ2n) is 4.13. The molecule has 3 rings (SSSR count). The standard InChI is InChI=1S/C14H12O2/c15-12-9-14(10-5-1-2-6-10)16-13-8-4-3-7-11(12)13/h1-8,10,14H,9H2. The molecule has 2 heteroatoms. The van der Waals surface area contributed by atoms with Gasteiger partial charge in [-0.2, -0.15) is 0 Å². The molecule has 2 nitrogen and oxygen atoms in total. The molecule has 1 heterocycles. The lowest BCUT2D eigenvalue weighted by atomic mass is 9.93. The molecule has 0 amide bonds. The fourth-order valence-electron chi connectivity index (χ4n) is 2.21. The van der Waals surface area contributed by atoms with Crippen molar-refractivity contribution in [2.24, 2.45) is 5.92 Å².